The molecule has 4 nitrogen and oxygen atoms in total. The second-order valence-corrected chi connectivity index (χ2v) is 6.69. The Kier molecular flexibility index (Phi) is 3.21. The van der Waals surface area contributed by atoms with Crippen molar-refractivity contribution in [1.82, 2.24) is 9.78 Å². The van der Waals surface area contributed by atoms with Crippen molar-refractivity contribution in [1.29, 1.82) is 0 Å². The number of rotatable bonds is 2. The minimum absolute atomic E-state index is 0.0886. The maximum Gasteiger partial charge on any atom is 0.264 e. The highest BCUT2D eigenvalue weighted by atomic mass is 35.7. The van der Waals surface area contributed by atoms with Crippen LogP contribution in [0.4, 0.5) is 0 Å². The van der Waals surface area contributed by atoms with Gasteiger partial charge in [0.2, 0.25) is 0 Å². The third-order valence-electron chi connectivity index (χ3n) is 2.71. The van der Waals surface area contributed by atoms with E-state index in [0.29, 0.717) is 11.4 Å². The Morgan fingerprint density at radius 1 is 1.22 bits per heavy atom. The first kappa shape index (κ1) is 13.1. The van der Waals surface area contributed by atoms with Crippen LogP contribution < -0.4 is 0 Å². The summed E-state index contributed by atoms with van der Waals surface area (Å²) in [6, 6.07) is 7.67. The molecule has 0 aliphatic heterocycles. The summed E-state index contributed by atoms with van der Waals surface area (Å²) in [7, 11) is 1.65. The number of nitrogens with zero attached hydrogens (tertiary/aromatic N) is 2. The van der Waals surface area contributed by atoms with E-state index < -0.39 is 9.05 Å². The van der Waals surface area contributed by atoms with E-state index in [1.807, 2.05) is 31.2 Å². The molecule has 2 rings (SSSR count). The van der Waals surface area contributed by atoms with Gasteiger partial charge >= 0.3 is 0 Å². The minimum Gasteiger partial charge on any atom is -0.236 e. The molecule has 0 atom stereocenters. The number of hydrogen-bond donors (Lipinski definition) is 0. The summed E-state index contributed by atoms with van der Waals surface area (Å²) in [4.78, 5) is 0.0886. The van der Waals surface area contributed by atoms with Crippen molar-refractivity contribution in [3.63, 3.8) is 0 Å². The summed E-state index contributed by atoms with van der Waals surface area (Å²) in [5.41, 5.74) is 2.83. The molecule has 0 saturated heterocycles. The molecule has 0 aliphatic rings. The van der Waals surface area contributed by atoms with Crippen LogP contribution in [0.5, 0.6) is 0 Å². The van der Waals surface area contributed by atoms with Gasteiger partial charge in [0, 0.05) is 10.7 Å². The van der Waals surface area contributed by atoms with Gasteiger partial charge in [-0.15, -0.1) is 0 Å². The van der Waals surface area contributed by atoms with Crippen LogP contribution in [-0.2, 0) is 9.05 Å². The van der Waals surface area contributed by atoms with Crippen LogP contribution in [-0.4, -0.2) is 18.2 Å². The Morgan fingerprint density at radius 2 is 1.89 bits per heavy atom. The number of aryl methyl sites for hydroxylation is 2. The van der Waals surface area contributed by atoms with Gasteiger partial charge in [-0.2, -0.15) is 5.10 Å². The molecule has 0 fully saturated rings. The Bertz CT molecular complexity index is 705. The van der Waals surface area contributed by atoms with Crippen molar-refractivity contribution in [2.45, 2.75) is 25.7 Å². The molecule has 6 heteroatoms. The second kappa shape index (κ2) is 4.40. The van der Waals surface area contributed by atoms with Crippen LogP contribution in [0.25, 0.3) is 5.69 Å². The van der Waals surface area contributed by atoms with Crippen LogP contribution in [0.2, 0.25) is 0 Å². The number of halogens is 1. The first-order valence-corrected chi connectivity index (χ1v) is 7.69. The lowest BCUT2D eigenvalue weighted by molar-refractivity contribution is 0.608. The molecule has 0 saturated carbocycles. The maximum atomic E-state index is 11.5. The monoisotopic (exact) mass is 284 g/mol. The quantitative estimate of drug-likeness (QED) is 0.797. The van der Waals surface area contributed by atoms with Gasteiger partial charge < -0.3 is 0 Å². The van der Waals surface area contributed by atoms with E-state index in [1.165, 1.54) is 0 Å². The van der Waals surface area contributed by atoms with Gasteiger partial charge in [0.05, 0.1) is 17.1 Å². The summed E-state index contributed by atoms with van der Waals surface area (Å²) in [6.45, 7) is 5.29. The summed E-state index contributed by atoms with van der Waals surface area (Å²) in [5.74, 6) is 0. The van der Waals surface area contributed by atoms with E-state index in [9.17, 15) is 8.42 Å². The molecule has 0 bridgehead atoms. The molecule has 1 aromatic carbocycles. The van der Waals surface area contributed by atoms with Crippen molar-refractivity contribution in [3.05, 3.63) is 41.2 Å². The molecular weight excluding hydrogens is 272 g/mol. The first-order valence-electron chi connectivity index (χ1n) is 5.38. The maximum absolute atomic E-state index is 11.5. The van der Waals surface area contributed by atoms with Crippen LogP contribution >= 0.6 is 10.7 Å². The Labute approximate surface area is 111 Å². The second-order valence-electron chi connectivity index (χ2n) is 4.19. The fourth-order valence-electron chi connectivity index (χ4n) is 1.99. The molecule has 0 radical (unpaired) electrons. The zero-order valence-corrected chi connectivity index (χ0v) is 11.9. The summed E-state index contributed by atoms with van der Waals surface area (Å²) in [5, 5.41) is 4.24. The topological polar surface area (TPSA) is 52.0 Å². The molecule has 96 valence electrons. The van der Waals surface area contributed by atoms with Crippen LogP contribution in [0, 0.1) is 20.8 Å². The lowest BCUT2D eigenvalue weighted by Crippen LogP contribution is -2.00. The molecule has 0 amide bonds. The van der Waals surface area contributed by atoms with Crippen molar-refractivity contribution < 1.29 is 8.42 Å². The zero-order chi connectivity index (χ0) is 13.5. The standard InChI is InChI=1S/C12H13ClN2O2S/c1-8-5-4-6-11(7-8)15-10(3)12(9(2)14-15)18(13,16)17/h4-7H,1-3H3. The highest BCUT2D eigenvalue weighted by Crippen LogP contribution is 2.25. The molecule has 0 aliphatic carbocycles. The van der Waals surface area contributed by atoms with Crippen molar-refractivity contribution >= 4 is 19.7 Å². The Balaban J connectivity index is 2.69. The SMILES string of the molecule is Cc1cccc(-n2nc(C)c(S(=O)(=O)Cl)c2C)c1. The molecule has 1 aromatic heterocycles. The molecule has 0 N–H and O–H groups in total. The number of benzene rings is 1. The third kappa shape index (κ3) is 2.28. The summed E-state index contributed by atoms with van der Waals surface area (Å²) < 4.78 is 24.6. The van der Waals surface area contributed by atoms with Gasteiger partial charge in [-0.1, -0.05) is 12.1 Å². The fraction of sp³-hybridized carbons (Fsp3) is 0.250. The van der Waals surface area contributed by atoms with Gasteiger partial charge in [0.25, 0.3) is 9.05 Å². The van der Waals surface area contributed by atoms with Crippen LogP contribution in [0.15, 0.2) is 29.2 Å². The Hall–Kier alpha value is -1.33. The molecule has 0 spiro atoms. The summed E-state index contributed by atoms with van der Waals surface area (Å²) >= 11 is 0. The molecule has 18 heavy (non-hydrogen) atoms. The van der Waals surface area contributed by atoms with Gasteiger partial charge in [0.1, 0.15) is 4.90 Å². The normalized spacial score (nSPS) is 11.8. The largest absolute Gasteiger partial charge is 0.264 e. The number of aromatic nitrogens is 2. The van der Waals surface area contributed by atoms with Gasteiger partial charge in [0.15, 0.2) is 0 Å². The third-order valence-corrected chi connectivity index (χ3v) is 4.26. The van der Waals surface area contributed by atoms with Gasteiger partial charge in [-0.05, 0) is 38.5 Å². The predicted octanol–water partition coefficient (Wildman–Crippen LogP) is 2.73. The smallest absolute Gasteiger partial charge is 0.236 e. The molecular formula is C12H13ClN2O2S. The van der Waals surface area contributed by atoms with Crippen molar-refractivity contribution in [2.75, 3.05) is 0 Å². The van der Waals surface area contributed by atoms with Crippen LogP contribution in [0.3, 0.4) is 0 Å². The zero-order valence-electron chi connectivity index (χ0n) is 10.3. The van der Waals surface area contributed by atoms with Gasteiger partial charge in [-0.3, -0.25) is 0 Å². The highest BCUT2D eigenvalue weighted by molar-refractivity contribution is 8.13. The lowest BCUT2D eigenvalue weighted by Gasteiger charge is -2.05. The van der Waals surface area contributed by atoms with E-state index in [2.05, 4.69) is 5.10 Å². The predicted molar refractivity (Wildman–Crippen MR) is 70.8 cm³/mol. The Morgan fingerprint density at radius 3 is 2.39 bits per heavy atom. The van der Waals surface area contributed by atoms with Crippen molar-refractivity contribution in [3.8, 4) is 5.69 Å². The van der Waals surface area contributed by atoms with Crippen molar-refractivity contribution in [2.24, 2.45) is 0 Å². The highest BCUT2D eigenvalue weighted by Gasteiger charge is 2.22. The van der Waals surface area contributed by atoms with E-state index in [0.717, 1.165) is 11.3 Å². The first-order chi connectivity index (χ1) is 8.30. The molecule has 2 aromatic rings. The minimum atomic E-state index is -3.77. The molecule has 1 heterocycles. The van der Waals surface area contributed by atoms with E-state index in [4.69, 9.17) is 10.7 Å². The average Bonchev–Trinajstić information content (AvgIpc) is 2.53. The van der Waals surface area contributed by atoms with E-state index in [-0.39, 0.29) is 4.90 Å². The lowest BCUT2D eigenvalue weighted by atomic mass is 10.2. The van der Waals surface area contributed by atoms with Gasteiger partial charge in [-0.25, -0.2) is 13.1 Å². The number of hydrogen-bond acceptors (Lipinski definition) is 3. The van der Waals surface area contributed by atoms with E-state index in [1.54, 1.807) is 18.5 Å². The molecule has 0 unspecified atom stereocenters. The average molecular weight is 285 g/mol. The van der Waals surface area contributed by atoms with Crippen LogP contribution in [0.1, 0.15) is 17.0 Å². The van der Waals surface area contributed by atoms with E-state index >= 15 is 0 Å². The fourth-order valence-corrected chi connectivity index (χ4v) is 3.50. The summed E-state index contributed by atoms with van der Waals surface area (Å²) in [6.07, 6.45) is 0.